The number of hydrogen-bond donors (Lipinski definition) is 0. The van der Waals surface area contributed by atoms with Gasteiger partial charge in [0.1, 0.15) is 12.4 Å². The van der Waals surface area contributed by atoms with Gasteiger partial charge in [-0.3, -0.25) is 14.9 Å². The van der Waals surface area contributed by atoms with Gasteiger partial charge in [0.15, 0.2) is 5.82 Å². The first kappa shape index (κ1) is 29.6. The highest BCUT2D eigenvalue weighted by molar-refractivity contribution is 14.1. The maximum atomic E-state index is 13.4. The molecule has 0 atom stereocenters. The molecule has 0 aliphatic heterocycles. The van der Waals surface area contributed by atoms with E-state index in [1.54, 1.807) is 48.5 Å². The van der Waals surface area contributed by atoms with E-state index in [9.17, 15) is 28.1 Å². The lowest BCUT2D eigenvalue weighted by Crippen LogP contribution is -2.20. The minimum absolute atomic E-state index is 0.0107. The average molecular weight is 796 g/mol. The molecule has 0 N–H and O–H groups in total. The summed E-state index contributed by atoms with van der Waals surface area (Å²) in [7, 11) is 0. The number of halogens is 5. The van der Waals surface area contributed by atoms with Crippen LogP contribution in [0.3, 0.4) is 0 Å². The van der Waals surface area contributed by atoms with E-state index in [4.69, 9.17) is 4.74 Å². The fourth-order valence-electron chi connectivity index (χ4n) is 4.04. The molecule has 0 radical (unpaired) electrons. The summed E-state index contributed by atoms with van der Waals surface area (Å²) >= 11 is 4.20. The third-order valence-corrected chi connectivity index (χ3v) is 7.68. The van der Waals surface area contributed by atoms with Crippen LogP contribution in [-0.4, -0.2) is 20.8 Å². The van der Waals surface area contributed by atoms with Crippen LogP contribution in [0.4, 0.5) is 18.9 Å². The summed E-state index contributed by atoms with van der Waals surface area (Å²) in [5, 5.41) is 15.5. The minimum atomic E-state index is -4.57. The van der Waals surface area contributed by atoms with E-state index in [0.717, 1.165) is 29.5 Å². The van der Waals surface area contributed by atoms with Gasteiger partial charge in [0.05, 0.1) is 34.7 Å². The first-order valence-electron chi connectivity index (χ1n) is 12.1. The summed E-state index contributed by atoms with van der Waals surface area (Å²) in [4.78, 5) is 28.3. The molecule has 4 aromatic carbocycles. The summed E-state index contributed by atoms with van der Waals surface area (Å²) in [6.45, 7) is 0.190. The van der Waals surface area contributed by atoms with Crippen molar-refractivity contribution in [1.29, 1.82) is 0 Å². The second-order valence-electron chi connectivity index (χ2n) is 8.92. The molecular formula is C29H17F3I2N4O4. The average Bonchev–Trinajstić information content (AvgIpc) is 2.96. The second kappa shape index (κ2) is 12.2. The van der Waals surface area contributed by atoms with Crippen molar-refractivity contribution in [3.63, 3.8) is 0 Å². The van der Waals surface area contributed by atoms with E-state index in [-0.39, 0.29) is 29.1 Å². The molecule has 5 rings (SSSR count). The quantitative estimate of drug-likeness (QED) is 0.0730. The van der Waals surface area contributed by atoms with Gasteiger partial charge in [-0.25, -0.2) is 4.98 Å². The number of rotatable bonds is 7. The molecular weight excluding hydrogens is 779 g/mol. The smallest absolute Gasteiger partial charge is 0.416 e. The fourth-order valence-corrected chi connectivity index (χ4v) is 6.17. The topological polar surface area (TPSA) is 99.6 Å². The van der Waals surface area contributed by atoms with Crippen molar-refractivity contribution in [3.05, 3.63) is 129 Å². The Hall–Kier alpha value is -3.86. The number of aromatic nitrogens is 2. The van der Waals surface area contributed by atoms with E-state index in [0.29, 0.717) is 16.8 Å². The molecule has 0 fully saturated rings. The van der Waals surface area contributed by atoms with Gasteiger partial charge >= 0.3 is 6.18 Å². The van der Waals surface area contributed by atoms with Gasteiger partial charge in [0.2, 0.25) is 0 Å². The molecule has 0 saturated carbocycles. The number of ether oxygens (including phenoxy) is 1. The van der Waals surface area contributed by atoms with Crippen molar-refractivity contribution in [3.8, 4) is 17.1 Å². The Labute approximate surface area is 263 Å². The summed E-state index contributed by atoms with van der Waals surface area (Å²) in [5.41, 5.74) is 0.375. The van der Waals surface area contributed by atoms with Gasteiger partial charge in [-0.1, -0.05) is 24.3 Å². The van der Waals surface area contributed by atoms with E-state index < -0.39 is 22.2 Å². The van der Waals surface area contributed by atoms with E-state index >= 15 is 0 Å². The third kappa shape index (κ3) is 6.46. The Morgan fingerprint density at radius 3 is 2.33 bits per heavy atom. The highest BCUT2D eigenvalue weighted by Gasteiger charge is 2.31. The Morgan fingerprint density at radius 1 is 0.976 bits per heavy atom. The molecule has 5 aromatic rings. The van der Waals surface area contributed by atoms with Crippen LogP contribution in [0.2, 0.25) is 0 Å². The molecule has 8 nitrogen and oxygen atoms in total. The summed E-state index contributed by atoms with van der Waals surface area (Å²) in [5.74, 6) is 0.564. The lowest BCUT2D eigenvalue weighted by atomic mass is 10.1. The summed E-state index contributed by atoms with van der Waals surface area (Å²) in [6.07, 6.45) is -3.14. The SMILES string of the molecule is O=c1c2ccccc2nc(-c2cccc(C(F)(F)F)c2)n1N=Cc1cc(I)c(OCc2ccc([N+](=O)[O-])cc2)c(I)c1. The van der Waals surface area contributed by atoms with Crippen molar-refractivity contribution >= 4 is 68.0 Å². The molecule has 1 aromatic heterocycles. The van der Waals surface area contributed by atoms with Crippen LogP contribution in [0, 0.1) is 17.3 Å². The predicted molar refractivity (Wildman–Crippen MR) is 169 cm³/mol. The van der Waals surface area contributed by atoms with Crippen LogP contribution in [-0.2, 0) is 12.8 Å². The number of nitro groups is 1. The lowest BCUT2D eigenvalue weighted by molar-refractivity contribution is -0.384. The highest BCUT2D eigenvalue weighted by Crippen LogP contribution is 2.32. The van der Waals surface area contributed by atoms with Crippen LogP contribution in [0.1, 0.15) is 16.7 Å². The largest absolute Gasteiger partial charge is 0.487 e. The monoisotopic (exact) mass is 796 g/mol. The van der Waals surface area contributed by atoms with Gasteiger partial charge in [-0.15, -0.1) is 0 Å². The molecule has 0 amide bonds. The van der Waals surface area contributed by atoms with E-state index in [1.165, 1.54) is 30.5 Å². The molecule has 0 saturated heterocycles. The van der Waals surface area contributed by atoms with Crippen molar-refractivity contribution in [2.24, 2.45) is 5.10 Å². The van der Waals surface area contributed by atoms with Crippen molar-refractivity contribution in [2.75, 3.05) is 0 Å². The van der Waals surface area contributed by atoms with Crippen LogP contribution in [0.5, 0.6) is 5.75 Å². The maximum absolute atomic E-state index is 13.4. The van der Waals surface area contributed by atoms with Gasteiger partial charge in [0, 0.05) is 17.7 Å². The van der Waals surface area contributed by atoms with Crippen LogP contribution in [0.15, 0.2) is 94.8 Å². The minimum Gasteiger partial charge on any atom is -0.487 e. The highest BCUT2D eigenvalue weighted by atomic mass is 127. The zero-order valence-electron chi connectivity index (χ0n) is 21.2. The molecule has 13 heteroatoms. The molecule has 212 valence electrons. The Morgan fingerprint density at radius 2 is 1.67 bits per heavy atom. The number of fused-ring (bicyclic) bond motifs is 1. The zero-order valence-corrected chi connectivity index (χ0v) is 25.5. The number of non-ortho nitro benzene ring substituents is 1. The molecule has 42 heavy (non-hydrogen) atoms. The number of hydrogen-bond acceptors (Lipinski definition) is 6. The Bertz CT molecular complexity index is 1890. The second-order valence-corrected chi connectivity index (χ2v) is 11.2. The number of nitrogens with zero attached hydrogens (tertiary/aromatic N) is 4. The van der Waals surface area contributed by atoms with Crippen LogP contribution in [0.25, 0.3) is 22.3 Å². The third-order valence-electron chi connectivity index (χ3n) is 6.08. The summed E-state index contributed by atoms with van der Waals surface area (Å²) in [6, 6.07) is 20.8. The fraction of sp³-hybridized carbons (Fsp3) is 0.0690. The zero-order chi connectivity index (χ0) is 30.0. The lowest BCUT2D eigenvalue weighted by Gasteiger charge is -2.13. The van der Waals surface area contributed by atoms with Gasteiger partial charge in [0.25, 0.3) is 11.2 Å². The number of alkyl halides is 3. The molecule has 0 aliphatic carbocycles. The standard InChI is InChI=1S/C29H17F3I2N4O4/c30-29(31,32)20-5-3-4-19(14-20)27-36-25-7-2-1-6-22(25)28(39)37(27)35-15-18-12-23(33)26(24(34)13-18)42-16-17-8-10-21(11-9-17)38(40)41/h1-15H,16H2. The number of nitro benzene ring substituents is 1. The predicted octanol–water partition coefficient (Wildman–Crippen LogP) is 7.66. The first-order valence-corrected chi connectivity index (χ1v) is 14.3. The molecule has 1 heterocycles. The number of benzene rings is 4. The maximum Gasteiger partial charge on any atom is 0.416 e. The Balaban J connectivity index is 1.49. The number of para-hydroxylation sites is 1. The first-order chi connectivity index (χ1) is 20.0. The van der Waals surface area contributed by atoms with Gasteiger partial charge in [-0.2, -0.15) is 22.9 Å². The normalized spacial score (nSPS) is 11.7. The van der Waals surface area contributed by atoms with Crippen molar-refractivity contribution in [2.45, 2.75) is 12.8 Å². The molecule has 0 bridgehead atoms. The molecule has 0 aliphatic rings. The van der Waals surface area contributed by atoms with Crippen molar-refractivity contribution in [1.82, 2.24) is 9.66 Å². The van der Waals surface area contributed by atoms with Crippen LogP contribution >= 0.6 is 45.2 Å². The van der Waals surface area contributed by atoms with E-state index in [1.807, 2.05) is 0 Å². The van der Waals surface area contributed by atoms with Crippen molar-refractivity contribution < 1.29 is 22.8 Å². The molecule has 0 spiro atoms. The van der Waals surface area contributed by atoms with Crippen LogP contribution < -0.4 is 10.3 Å². The van der Waals surface area contributed by atoms with Gasteiger partial charge in [-0.05, 0) is 105 Å². The molecule has 0 unspecified atom stereocenters. The van der Waals surface area contributed by atoms with E-state index in [2.05, 4.69) is 55.3 Å². The Kier molecular flexibility index (Phi) is 8.58. The summed E-state index contributed by atoms with van der Waals surface area (Å²) < 4.78 is 48.8. The van der Waals surface area contributed by atoms with Gasteiger partial charge < -0.3 is 4.74 Å².